The Hall–Kier alpha value is -1.20. The Bertz CT molecular complexity index is 517. The van der Waals surface area contributed by atoms with Crippen LogP contribution in [0.5, 0.6) is 5.75 Å². The van der Waals surface area contributed by atoms with Crippen LogP contribution in [0.2, 0.25) is 0 Å². The Morgan fingerprint density at radius 1 is 1.33 bits per heavy atom. The van der Waals surface area contributed by atoms with Crippen LogP contribution in [0.1, 0.15) is 32.9 Å². The van der Waals surface area contributed by atoms with Crippen LogP contribution in [0.3, 0.4) is 0 Å². The number of hydrogen-bond donors (Lipinski definition) is 0. The van der Waals surface area contributed by atoms with Crippen molar-refractivity contribution in [3.05, 3.63) is 23.8 Å². The van der Waals surface area contributed by atoms with E-state index < -0.39 is 0 Å². The fourth-order valence-corrected chi connectivity index (χ4v) is 3.40. The molecule has 3 rings (SSSR count). The van der Waals surface area contributed by atoms with Crippen LogP contribution in [0.25, 0.3) is 0 Å². The third-order valence-corrected chi connectivity index (χ3v) is 4.77. The SMILES string of the molecule is COc1ccnc(CN2C3CC2CN(C(C)(C)C)C3)c1F. The lowest BCUT2D eigenvalue weighted by atomic mass is 9.84. The number of hydrogen-bond acceptors (Lipinski definition) is 4. The molecule has 0 saturated carbocycles. The third-order valence-electron chi connectivity index (χ3n) is 4.77. The van der Waals surface area contributed by atoms with Gasteiger partial charge in [-0.1, -0.05) is 0 Å². The molecule has 0 radical (unpaired) electrons. The summed E-state index contributed by atoms with van der Waals surface area (Å²) < 4.78 is 19.2. The number of likely N-dealkylation sites (tertiary alicyclic amines) is 2. The molecule has 2 saturated heterocycles. The number of ether oxygens (including phenoxy) is 1. The second kappa shape index (κ2) is 5.21. The van der Waals surface area contributed by atoms with Crippen molar-refractivity contribution < 1.29 is 9.13 Å². The second-order valence-corrected chi connectivity index (χ2v) is 7.07. The molecule has 3 heterocycles. The maximum Gasteiger partial charge on any atom is 0.187 e. The van der Waals surface area contributed by atoms with Crippen molar-refractivity contribution in [1.29, 1.82) is 0 Å². The van der Waals surface area contributed by atoms with Gasteiger partial charge in [-0.2, -0.15) is 0 Å². The minimum Gasteiger partial charge on any atom is -0.494 e. The molecule has 2 aliphatic heterocycles. The molecule has 0 aromatic carbocycles. The molecule has 2 fully saturated rings. The van der Waals surface area contributed by atoms with Gasteiger partial charge in [-0.15, -0.1) is 0 Å². The molecule has 2 aliphatic rings. The van der Waals surface area contributed by atoms with Gasteiger partial charge in [-0.05, 0) is 27.2 Å². The van der Waals surface area contributed by atoms with Crippen LogP contribution in [-0.4, -0.2) is 52.6 Å². The first-order valence-corrected chi connectivity index (χ1v) is 7.58. The fourth-order valence-electron chi connectivity index (χ4n) is 3.40. The molecule has 116 valence electrons. The molecule has 2 atom stereocenters. The summed E-state index contributed by atoms with van der Waals surface area (Å²) in [4.78, 5) is 9.10. The van der Waals surface area contributed by atoms with E-state index in [0.717, 1.165) is 13.1 Å². The smallest absolute Gasteiger partial charge is 0.187 e. The highest BCUT2D eigenvalue weighted by molar-refractivity contribution is 5.26. The van der Waals surface area contributed by atoms with Gasteiger partial charge in [0.25, 0.3) is 0 Å². The standard InChI is InChI=1S/C16H24FN3O/c1-16(2,3)19-8-11-7-12(9-19)20(11)10-13-15(17)14(21-4)5-6-18-13/h5-6,11-12H,7-10H2,1-4H3. The van der Waals surface area contributed by atoms with Gasteiger partial charge >= 0.3 is 0 Å². The molecule has 2 bridgehead atoms. The number of piperidine rings is 1. The summed E-state index contributed by atoms with van der Waals surface area (Å²) in [6.45, 7) is 9.47. The van der Waals surface area contributed by atoms with E-state index in [1.165, 1.54) is 13.5 Å². The topological polar surface area (TPSA) is 28.6 Å². The van der Waals surface area contributed by atoms with E-state index >= 15 is 0 Å². The first-order valence-electron chi connectivity index (χ1n) is 7.58. The molecule has 1 aromatic heterocycles. The molecule has 2 unspecified atom stereocenters. The fraction of sp³-hybridized carbons (Fsp3) is 0.688. The number of pyridine rings is 1. The van der Waals surface area contributed by atoms with E-state index in [9.17, 15) is 4.39 Å². The number of methoxy groups -OCH3 is 1. The summed E-state index contributed by atoms with van der Waals surface area (Å²) in [5.74, 6) is -0.0420. The van der Waals surface area contributed by atoms with E-state index in [1.54, 1.807) is 12.3 Å². The number of rotatable bonds is 3. The molecule has 1 aromatic rings. The number of fused-ring (bicyclic) bond motifs is 2. The van der Waals surface area contributed by atoms with Crippen molar-refractivity contribution in [1.82, 2.24) is 14.8 Å². The molecule has 21 heavy (non-hydrogen) atoms. The zero-order chi connectivity index (χ0) is 15.2. The van der Waals surface area contributed by atoms with E-state index in [2.05, 4.69) is 35.6 Å². The predicted octanol–water partition coefficient (Wildman–Crippen LogP) is 2.29. The number of halogens is 1. The first kappa shape index (κ1) is 14.7. The largest absolute Gasteiger partial charge is 0.494 e. The highest BCUT2D eigenvalue weighted by atomic mass is 19.1. The lowest BCUT2D eigenvalue weighted by Gasteiger charge is -2.59. The Morgan fingerprint density at radius 3 is 2.57 bits per heavy atom. The molecule has 4 nitrogen and oxygen atoms in total. The van der Waals surface area contributed by atoms with E-state index in [-0.39, 0.29) is 17.1 Å². The third kappa shape index (κ3) is 2.64. The van der Waals surface area contributed by atoms with Gasteiger partial charge in [0.15, 0.2) is 11.6 Å². The molecular formula is C16H24FN3O. The van der Waals surface area contributed by atoms with Crippen LogP contribution in [0, 0.1) is 5.82 Å². The van der Waals surface area contributed by atoms with E-state index in [1.807, 2.05) is 0 Å². The summed E-state index contributed by atoms with van der Waals surface area (Å²) in [5, 5.41) is 0. The Labute approximate surface area is 125 Å². The first-order chi connectivity index (χ1) is 9.90. The predicted molar refractivity (Wildman–Crippen MR) is 79.8 cm³/mol. The minimum absolute atomic E-state index is 0.211. The Morgan fingerprint density at radius 2 is 2.00 bits per heavy atom. The zero-order valence-electron chi connectivity index (χ0n) is 13.3. The van der Waals surface area contributed by atoms with Crippen molar-refractivity contribution in [2.45, 2.75) is 51.4 Å². The lowest BCUT2D eigenvalue weighted by Crippen LogP contribution is -2.70. The van der Waals surface area contributed by atoms with Gasteiger partial charge in [-0.25, -0.2) is 4.39 Å². The summed E-state index contributed by atoms with van der Waals surface area (Å²) in [6.07, 6.45) is 2.84. The second-order valence-electron chi connectivity index (χ2n) is 7.07. The van der Waals surface area contributed by atoms with Crippen LogP contribution in [0.15, 0.2) is 12.3 Å². The van der Waals surface area contributed by atoms with Gasteiger partial charge < -0.3 is 4.74 Å². The zero-order valence-corrected chi connectivity index (χ0v) is 13.3. The van der Waals surface area contributed by atoms with Crippen molar-refractivity contribution in [2.24, 2.45) is 0 Å². The average Bonchev–Trinajstić information content (AvgIpc) is 2.45. The maximum absolute atomic E-state index is 14.2. The molecule has 0 spiro atoms. The number of aromatic nitrogens is 1. The average molecular weight is 293 g/mol. The highest BCUT2D eigenvalue weighted by Gasteiger charge is 2.46. The monoisotopic (exact) mass is 293 g/mol. The van der Waals surface area contributed by atoms with E-state index in [0.29, 0.717) is 24.3 Å². The number of nitrogens with zero attached hydrogens (tertiary/aromatic N) is 3. The summed E-state index contributed by atoms with van der Waals surface area (Å²) in [7, 11) is 1.49. The van der Waals surface area contributed by atoms with Gasteiger partial charge in [0.1, 0.15) is 0 Å². The molecule has 5 heteroatoms. The van der Waals surface area contributed by atoms with Crippen molar-refractivity contribution >= 4 is 0 Å². The maximum atomic E-state index is 14.2. The van der Waals surface area contributed by atoms with Crippen molar-refractivity contribution in [2.75, 3.05) is 20.2 Å². The summed E-state index contributed by atoms with van der Waals surface area (Å²) in [5.41, 5.74) is 0.705. The molecule has 0 N–H and O–H groups in total. The van der Waals surface area contributed by atoms with Gasteiger partial charge in [-0.3, -0.25) is 14.8 Å². The van der Waals surface area contributed by atoms with E-state index in [4.69, 9.17) is 4.74 Å². The Kier molecular flexibility index (Phi) is 3.66. The highest BCUT2D eigenvalue weighted by Crippen LogP contribution is 2.36. The quantitative estimate of drug-likeness (QED) is 0.855. The molecule has 0 aliphatic carbocycles. The Balaban J connectivity index is 1.69. The van der Waals surface area contributed by atoms with Gasteiger partial charge in [0.2, 0.25) is 0 Å². The van der Waals surface area contributed by atoms with Crippen LogP contribution >= 0.6 is 0 Å². The van der Waals surface area contributed by atoms with Crippen LogP contribution in [0.4, 0.5) is 4.39 Å². The normalized spacial score (nSPS) is 26.5. The minimum atomic E-state index is -0.322. The summed E-state index contributed by atoms with van der Waals surface area (Å²) >= 11 is 0. The van der Waals surface area contributed by atoms with Gasteiger partial charge in [0, 0.05) is 49.5 Å². The van der Waals surface area contributed by atoms with Crippen molar-refractivity contribution in [3.8, 4) is 5.75 Å². The molecule has 0 amide bonds. The van der Waals surface area contributed by atoms with Crippen LogP contribution < -0.4 is 4.74 Å². The van der Waals surface area contributed by atoms with Gasteiger partial charge in [0.05, 0.1) is 12.8 Å². The lowest BCUT2D eigenvalue weighted by molar-refractivity contribution is -0.101. The van der Waals surface area contributed by atoms with Crippen molar-refractivity contribution in [3.63, 3.8) is 0 Å². The number of piperazine rings is 1. The van der Waals surface area contributed by atoms with Crippen LogP contribution in [-0.2, 0) is 6.54 Å². The summed E-state index contributed by atoms with van der Waals surface area (Å²) in [6, 6.07) is 2.61. The molecular weight excluding hydrogens is 269 g/mol.